The van der Waals surface area contributed by atoms with Crippen LogP contribution >= 0.6 is 0 Å². The molecule has 28 heavy (non-hydrogen) atoms. The number of para-hydroxylation sites is 2. The van der Waals surface area contributed by atoms with E-state index >= 15 is 0 Å². The number of methoxy groups -OCH3 is 2. The molecule has 0 fully saturated rings. The van der Waals surface area contributed by atoms with Gasteiger partial charge in [0.2, 0.25) is 0 Å². The van der Waals surface area contributed by atoms with Gasteiger partial charge < -0.3 is 14.0 Å². The highest BCUT2D eigenvalue weighted by Gasteiger charge is 2.21. The van der Waals surface area contributed by atoms with Gasteiger partial charge in [0.1, 0.15) is 11.5 Å². The molecule has 0 atom stereocenters. The molecule has 0 amide bonds. The van der Waals surface area contributed by atoms with Crippen molar-refractivity contribution in [2.24, 2.45) is 0 Å². The zero-order valence-corrected chi connectivity index (χ0v) is 16.6. The van der Waals surface area contributed by atoms with Crippen molar-refractivity contribution in [3.8, 4) is 23.0 Å². The number of sulfonamides is 1. The summed E-state index contributed by atoms with van der Waals surface area (Å²) in [6.07, 6.45) is 1.53. The number of hydrogen-bond acceptors (Lipinski definition) is 7. The first-order chi connectivity index (χ1) is 13.5. The fourth-order valence-corrected chi connectivity index (χ4v) is 3.74. The molecular weight excluding hydrogens is 382 g/mol. The van der Waals surface area contributed by atoms with Gasteiger partial charge in [0.05, 0.1) is 30.4 Å². The third kappa shape index (κ3) is 4.09. The molecule has 2 aromatic carbocycles. The highest BCUT2D eigenvalue weighted by molar-refractivity contribution is 7.92. The van der Waals surface area contributed by atoms with E-state index in [1.807, 2.05) is 6.92 Å². The molecule has 1 heterocycles. The molecule has 1 aromatic heterocycles. The third-order valence-corrected chi connectivity index (χ3v) is 5.37. The average Bonchev–Trinajstić information content (AvgIpc) is 3.16. The van der Waals surface area contributed by atoms with Crippen molar-refractivity contribution in [3.63, 3.8) is 0 Å². The van der Waals surface area contributed by atoms with Crippen LogP contribution in [0.25, 0.3) is 11.5 Å². The van der Waals surface area contributed by atoms with Crippen LogP contribution in [0.3, 0.4) is 0 Å². The SMILES string of the molecule is CCCc1noc(-c2cc(S(=O)(=O)Nc3ccccc3OC)ccc2OC)n1. The lowest BCUT2D eigenvalue weighted by atomic mass is 10.2. The predicted octanol–water partition coefficient (Wildman–Crippen LogP) is 3.51. The molecule has 0 radical (unpaired) electrons. The molecule has 0 saturated heterocycles. The monoisotopic (exact) mass is 403 g/mol. The maximum atomic E-state index is 12.9. The van der Waals surface area contributed by atoms with E-state index in [0.29, 0.717) is 35.0 Å². The van der Waals surface area contributed by atoms with E-state index < -0.39 is 10.0 Å². The first kappa shape index (κ1) is 19.7. The summed E-state index contributed by atoms with van der Waals surface area (Å²) in [7, 11) is -0.916. The molecule has 8 nitrogen and oxygen atoms in total. The Morgan fingerprint density at radius 2 is 1.82 bits per heavy atom. The van der Waals surface area contributed by atoms with E-state index in [-0.39, 0.29) is 10.8 Å². The minimum absolute atomic E-state index is 0.0319. The van der Waals surface area contributed by atoms with Crippen molar-refractivity contribution in [1.82, 2.24) is 10.1 Å². The van der Waals surface area contributed by atoms with Gasteiger partial charge in [0, 0.05) is 6.42 Å². The predicted molar refractivity (Wildman–Crippen MR) is 104 cm³/mol. The van der Waals surface area contributed by atoms with Gasteiger partial charge in [0.15, 0.2) is 5.82 Å². The number of aromatic nitrogens is 2. The first-order valence-corrected chi connectivity index (χ1v) is 10.1. The van der Waals surface area contributed by atoms with Gasteiger partial charge in [-0.15, -0.1) is 0 Å². The molecule has 9 heteroatoms. The second-order valence-electron chi connectivity index (χ2n) is 5.93. The van der Waals surface area contributed by atoms with Crippen molar-refractivity contribution >= 4 is 15.7 Å². The highest BCUT2D eigenvalue weighted by atomic mass is 32.2. The zero-order chi connectivity index (χ0) is 20.1. The minimum Gasteiger partial charge on any atom is -0.496 e. The summed E-state index contributed by atoms with van der Waals surface area (Å²) in [5, 5.41) is 3.92. The largest absolute Gasteiger partial charge is 0.496 e. The van der Waals surface area contributed by atoms with Crippen LogP contribution in [0.4, 0.5) is 5.69 Å². The molecule has 148 valence electrons. The third-order valence-electron chi connectivity index (χ3n) is 4.00. The van der Waals surface area contributed by atoms with E-state index in [2.05, 4.69) is 14.9 Å². The Bertz CT molecular complexity index is 1060. The Balaban J connectivity index is 1.99. The second-order valence-corrected chi connectivity index (χ2v) is 7.62. The lowest BCUT2D eigenvalue weighted by Gasteiger charge is -2.13. The lowest BCUT2D eigenvalue weighted by molar-refractivity contribution is 0.402. The summed E-state index contributed by atoms with van der Waals surface area (Å²) >= 11 is 0. The van der Waals surface area contributed by atoms with Crippen LogP contribution in [-0.4, -0.2) is 32.8 Å². The van der Waals surface area contributed by atoms with E-state index in [0.717, 1.165) is 6.42 Å². The molecule has 0 aliphatic carbocycles. The fourth-order valence-electron chi connectivity index (χ4n) is 2.64. The number of nitrogens with one attached hydrogen (secondary N) is 1. The molecule has 0 aliphatic rings. The van der Waals surface area contributed by atoms with Gasteiger partial charge in [-0.1, -0.05) is 24.2 Å². The minimum atomic E-state index is -3.88. The fraction of sp³-hybridized carbons (Fsp3) is 0.263. The van der Waals surface area contributed by atoms with Gasteiger partial charge in [-0.3, -0.25) is 4.72 Å². The average molecular weight is 403 g/mol. The Hall–Kier alpha value is -3.07. The Morgan fingerprint density at radius 1 is 1.07 bits per heavy atom. The van der Waals surface area contributed by atoms with Gasteiger partial charge >= 0.3 is 0 Å². The zero-order valence-electron chi connectivity index (χ0n) is 15.8. The van der Waals surface area contributed by atoms with Crippen LogP contribution in [-0.2, 0) is 16.4 Å². The topological polar surface area (TPSA) is 104 Å². The number of nitrogens with zero attached hydrogens (tertiary/aromatic N) is 2. The Labute approximate surface area is 163 Å². The molecular formula is C19H21N3O5S. The highest BCUT2D eigenvalue weighted by Crippen LogP contribution is 2.33. The molecule has 1 N–H and O–H groups in total. The number of anilines is 1. The van der Waals surface area contributed by atoms with Crippen LogP contribution < -0.4 is 14.2 Å². The molecule has 3 aromatic rings. The summed E-state index contributed by atoms with van der Waals surface area (Å²) in [5.74, 6) is 1.61. The van der Waals surface area contributed by atoms with Crippen LogP contribution in [0.5, 0.6) is 11.5 Å². The van der Waals surface area contributed by atoms with Gasteiger partial charge in [-0.25, -0.2) is 8.42 Å². The molecule has 0 saturated carbocycles. The second kappa shape index (κ2) is 8.30. The molecule has 0 aliphatic heterocycles. The standard InChI is InChI=1S/C19H21N3O5S/c1-4-7-18-20-19(27-21-18)14-12-13(10-11-16(14)25-2)28(23,24)22-15-8-5-6-9-17(15)26-3/h5-6,8-12,22H,4,7H2,1-3H3. The van der Waals surface area contributed by atoms with Crippen molar-refractivity contribution < 1.29 is 22.4 Å². The molecule has 3 rings (SSSR count). The van der Waals surface area contributed by atoms with Crippen molar-refractivity contribution in [2.75, 3.05) is 18.9 Å². The van der Waals surface area contributed by atoms with Crippen molar-refractivity contribution in [3.05, 3.63) is 48.3 Å². The first-order valence-electron chi connectivity index (χ1n) is 8.65. The number of ether oxygens (including phenoxy) is 2. The lowest BCUT2D eigenvalue weighted by Crippen LogP contribution is -2.13. The quantitative estimate of drug-likeness (QED) is 0.614. The summed E-state index contributed by atoms with van der Waals surface area (Å²) in [6.45, 7) is 2.01. The Morgan fingerprint density at radius 3 is 2.54 bits per heavy atom. The van der Waals surface area contributed by atoms with Gasteiger partial charge in [0.25, 0.3) is 15.9 Å². The van der Waals surface area contributed by atoms with Crippen LogP contribution in [0.2, 0.25) is 0 Å². The summed E-state index contributed by atoms with van der Waals surface area (Å²) in [4.78, 5) is 4.35. The van der Waals surface area contributed by atoms with E-state index in [9.17, 15) is 8.42 Å². The molecule has 0 unspecified atom stereocenters. The smallest absolute Gasteiger partial charge is 0.262 e. The van der Waals surface area contributed by atoms with Crippen LogP contribution in [0.15, 0.2) is 51.9 Å². The number of hydrogen-bond donors (Lipinski definition) is 1. The van der Waals surface area contributed by atoms with Crippen LogP contribution in [0, 0.1) is 0 Å². The molecule has 0 bridgehead atoms. The van der Waals surface area contributed by atoms with Gasteiger partial charge in [-0.05, 0) is 36.8 Å². The normalized spacial score (nSPS) is 11.2. The van der Waals surface area contributed by atoms with Crippen LogP contribution in [0.1, 0.15) is 19.2 Å². The Kier molecular flexibility index (Phi) is 5.84. The maximum absolute atomic E-state index is 12.9. The summed E-state index contributed by atoms with van der Waals surface area (Å²) in [6, 6.07) is 11.2. The van der Waals surface area contributed by atoms with E-state index in [4.69, 9.17) is 14.0 Å². The number of benzene rings is 2. The molecule has 0 spiro atoms. The van der Waals surface area contributed by atoms with Crippen molar-refractivity contribution in [2.45, 2.75) is 24.7 Å². The van der Waals surface area contributed by atoms with E-state index in [1.165, 1.54) is 26.4 Å². The van der Waals surface area contributed by atoms with Crippen molar-refractivity contribution in [1.29, 1.82) is 0 Å². The number of aryl methyl sites for hydroxylation is 1. The summed E-state index contributed by atoms with van der Waals surface area (Å²) < 4.78 is 44.1. The summed E-state index contributed by atoms with van der Waals surface area (Å²) in [5.41, 5.74) is 0.741. The maximum Gasteiger partial charge on any atom is 0.262 e. The van der Waals surface area contributed by atoms with Gasteiger partial charge in [-0.2, -0.15) is 4.98 Å². The number of rotatable bonds is 8. The van der Waals surface area contributed by atoms with E-state index in [1.54, 1.807) is 30.3 Å².